The van der Waals surface area contributed by atoms with E-state index < -0.39 is 0 Å². The smallest absolute Gasteiger partial charge is 0.213 e. The minimum absolute atomic E-state index is 0.456. The summed E-state index contributed by atoms with van der Waals surface area (Å²) in [6, 6.07) is 8.49. The standard InChI is InChI=1S/C13H12N4S2/c1-2-8-3-5-9(6-4-8)12-14-7-10(19-12)11-15-13(18)17-16-11/h3-7H,2H2,1H3,(H2,15,16,17,18). The zero-order chi connectivity index (χ0) is 13.2. The van der Waals surface area contributed by atoms with E-state index in [1.54, 1.807) is 11.3 Å². The van der Waals surface area contributed by atoms with Gasteiger partial charge < -0.3 is 0 Å². The summed E-state index contributed by atoms with van der Waals surface area (Å²) in [6.45, 7) is 2.15. The number of thiazole rings is 1. The fourth-order valence-corrected chi connectivity index (χ4v) is 2.80. The van der Waals surface area contributed by atoms with E-state index in [1.165, 1.54) is 5.56 Å². The van der Waals surface area contributed by atoms with Crippen LogP contribution >= 0.6 is 23.6 Å². The topological polar surface area (TPSA) is 57.4 Å². The first-order valence-corrected chi connectivity index (χ1v) is 7.19. The first kappa shape index (κ1) is 12.3. The van der Waals surface area contributed by atoms with E-state index in [2.05, 4.69) is 51.4 Å². The van der Waals surface area contributed by atoms with Gasteiger partial charge in [0.05, 0.1) is 4.88 Å². The normalized spacial score (nSPS) is 10.8. The van der Waals surface area contributed by atoms with Crippen molar-refractivity contribution >= 4 is 23.6 Å². The summed E-state index contributed by atoms with van der Waals surface area (Å²) in [7, 11) is 0. The van der Waals surface area contributed by atoms with Crippen LogP contribution in [0.2, 0.25) is 0 Å². The van der Waals surface area contributed by atoms with Crippen molar-refractivity contribution in [3.8, 4) is 21.3 Å². The lowest BCUT2D eigenvalue weighted by atomic mass is 10.1. The molecule has 2 N–H and O–H groups in total. The molecule has 0 aliphatic rings. The Hall–Kier alpha value is -1.79. The summed E-state index contributed by atoms with van der Waals surface area (Å²) in [5.41, 5.74) is 2.46. The van der Waals surface area contributed by atoms with E-state index in [0.717, 1.165) is 27.7 Å². The Labute approximate surface area is 119 Å². The predicted octanol–water partition coefficient (Wildman–Crippen LogP) is 3.82. The van der Waals surface area contributed by atoms with E-state index in [1.807, 2.05) is 6.20 Å². The van der Waals surface area contributed by atoms with Crippen LogP contribution in [-0.4, -0.2) is 20.2 Å². The molecule has 2 aromatic heterocycles. The molecular weight excluding hydrogens is 276 g/mol. The number of aromatic nitrogens is 4. The van der Waals surface area contributed by atoms with Crippen LogP contribution in [0.3, 0.4) is 0 Å². The third-order valence-electron chi connectivity index (χ3n) is 2.85. The molecule has 0 saturated heterocycles. The van der Waals surface area contributed by atoms with Gasteiger partial charge in [-0.2, -0.15) is 4.98 Å². The number of hydrogen-bond acceptors (Lipinski definition) is 4. The molecule has 0 bridgehead atoms. The van der Waals surface area contributed by atoms with Gasteiger partial charge in [0.15, 0.2) is 5.82 Å². The van der Waals surface area contributed by atoms with Crippen molar-refractivity contribution in [3.63, 3.8) is 0 Å². The quantitative estimate of drug-likeness (QED) is 0.720. The highest BCUT2D eigenvalue weighted by Gasteiger charge is 2.08. The number of benzene rings is 1. The van der Waals surface area contributed by atoms with Gasteiger partial charge in [-0.25, -0.2) is 4.98 Å². The van der Waals surface area contributed by atoms with Crippen LogP contribution in [0.5, 0.6) is 0 Å². The van der Waals surface area contributed by atoms with Crippen LogP contribution in [0.1, 0.15) is 12.5 Å². The molecule has 0 unspecified atom stereocenters. The highest BCUT2D eigenvalue weighted by Crippen LogP contribution is 2.30. The van der Waals surface area contributed by atoms with Crippen molar-refractivity contribution in [3.05, 3.63) is 40.8 Å². The van der Waals surface area contributed by atoms with E-state index in [4.69, 9.17) is 12.2 Å². The number of rotatable bonds is 3. The number of H-pyrrole nitrogens is 2. The third kappa shape index (κ3) is 2.50. The van der Waals surface area contributed by atoms with Crippen molar-refractivity contribution in [1.29, 1.82) is 0 Å². The highest BCUT2D eigenvalue weighted by molar-refractivity contribution is 7.71. The van der Waals surface area contributed by atoms with Crippen LogP contribution in [0.4, 0.5) is 0 Å². The number of nitrogens with zero attached hydrogens (tertiary/aromatic N) is 2. The number of aromatic amines is 2. The molecule has 0 saturated carbocycles. The minimum atomic E-state index is 0.456. The molecule has 0 fully saturated rings. The second kappa shape index (κ2) is 5.07. The maximum Gasteiger partial charge on any atom is 0.213 e. The van der Waals surface area contributed by atoms with Crippen LogP contribution in [0.25, 0.3) is 21.3 Å². The first-order chi connectivity index (χ1) is 9.26. The van der Waals surface area contributed by atoms with Crippen LogP contribution in [0, 0.1) is 4.77 Å². The van der Waals surface area contributed by atoms with Crippen molar-refractivity contribution in [1.82, 2.24) is 20.2 Å². The summed E-state index contributed by atoms with van der Waals surface area (Å²) in [4.78, 5) is 9.60. The molecule has 2 heterocycles. The van der Waals surface area contributed by atoms with Crippen LogP contribution in [0.15, 0.2) is 30.5 Å². The van der Waals surface area contributed by atoms with Gasteiger partial charge in [0.1, 0.15) is 5.01 Å². The number of nitrogens with one attached hydrogen (secondary N) is 2. The van der Waals surface area contributed by atoms with E-state index in [-0.39, 0.29) is 0 Å². The van der Waals surface area contributed by atoms with Crippen LogP contribution < -0.4 is 0 Å². The van der Waals surface area contributed by atoms with E-state index >= 15 is 0 Å². The molecule has 0 amide bonds. The predicted molar refractivity (Wildman–Crippen MR) is 79.7 cm³/mol. The second-order valence-corrected chi connectivity index (χ2v) is 5.51. The molecule has 0 radical (unpaired) electrons. The van der Waals surface area contributed by atoms with Gasteiger partial charge in [0.2, 0.25) is 4.77 Å². The number of hydrogen-bond donors (Lipinski definition) is 2. The van der Waals surface area contributed by atoms with E-state index in [9.17, 15) is 0 Å². The fourth-order valence-electron chi connectivity index (χ4n) is 1.79. The molecule has 3 aromatic rings. The van der Waals surface area contributed by atoms with Crippen molar-refractivity contribution < 1.29 is 0 Å². The molecule has 0 aliphatic heterocycles. The number of aryl methyl sites for hydroxylation is 1. The maximum atomic E-state index is 4.95. The molecule has 96 valence electrons. The Kier molecular flexibility index (Phi) is 3.27. The summed E-state index contributed by atoms with van der Waals surface area (Å²) in [5, 5.41) is 6.71. The van der Waals surface area contributed by atoms with Gasteiger partial charge in [-0.05, 0) is 24.2 Å². The van der Waals surface area contributed by atoms with Crippen molar-refractivity contribution in [2.24, 2.45) is 0 Å². The zero-order valence-electron chi connectivity index (χ0n) is 10.3. The molecule has 3 rings (SSSR count). The lowest BCUT2D eigenvalue weighted by molar-refractivity contribution is 1.08. The Morgan fingerprint density at radius 3 is 2.63 bits per heavy atom. The Balaban J connectivity index is 1.94. The van der Waals surface area contributed by atoms with Gasteiger partial charge in [0.25, 0.3) is 0 Å². The molecule has 0 spiro atoms. The van der Waals surface area contributed by atoms with Crippen molar-refractivity contribution in [2.45, 2.75) is 13.3 Å². The van der Waals surface area contributed by atoms with Gasteiger partial charge in [-0.15, -0.1) is 11.3 Å². The molecule has 6 heteroatoms. The summed E-state index contributed by atoms with van der Waals surface area (Å²) < 4.78 is 0.456. The molecule has 19 heavy (non-hydrogen) atoms. The largest absolute Gasteiger partial charge is 0.281 e. The van der Waals surface area contributed by atoms with Crippen LogP contribution in [-0.2, 0) is 6.42 Å². The fraction of sp³-hybridized carbons (Fsp3) is 0.154. The summed E-state index contributed by atoms with van der Waals surface area (Å²) >= 11 is 6.54. The zero-order valence-corrected chi connectivity index (χ0v) is 11.9. The minimum Gasteiger partial charge on any atom is -0.281 e. The van der Waals surface area contributed by atoms with E-state index in [0.29, 0.717) is 4.77 Å². The van der Waals surface area contributed by atoms with Gasteiger partial charge in [0, 0.05) is 11.8 Å². The summed E-state index contributed by atoms with van der Waals surface area (Å²) in [5.74, 6) is 0.735. The first-order valence-electron chi connectivity index (χ1n) is 5.96. The molecular formula is C13H12N4S2. The monoisotopic (exact) mass is 288 g/mol. The Morgan fingerprint density at radius 1 is 1.21 bits per heavy atom. The summed E-state index contributed by atoms with van der Waals surface area (Å²) in [6.07, 6.45) is 2.86. The van der Waals surface area contributed by atoms with Crippen molar-refractivity contribution in [2.75, 3.05) is 0 Å². The average molecular weight is 288 g/mol. The van der Waals surface area contributed by atoms with Gasteiger partial charge in [-0.3, -0.25) is 10.2 Å². The SMILES string of the molecule is CCc1ccc(-c2ncc(-c3nc(=S)[nH][nH]3)s2)cc1. The average Bonchev–Trinajstić information content (AvgIpc) is 3.07. The second-order valence-electron chi connectivity index (χ2n) is 4.10. The molecule has 0 aliphatic carbocycles. The highest BCUT2D eigenvalue weighted by atomic mass is 32.1. The van der Waals surface area contributed by atoms with Gasteiger partial charge in [-0.1, -0.05) is 31.2 Å². The third-order valence-corrected chi connectivity index (χ3v) is 4.10. The maximum absolute atomic E-state index is 4.95. The lowest BCUT2D eigenvalue weighted by Crippen LogP contribution is -1.80. The molecule has 1 aromatic carbocycles. The van der Waals surface area contributed by atoms with Gasteiger partial charge >= 0.3 is 0 Å². The molecule has 0 atom stereocenters. The Bertz CT molecular complexity index is 736. The molecule has 4 nitrogen and oxygen atoms in total. The Morgan fingerprint density at radius 2 is 2.00 bits per heavy atom. The lowest BCUT2D eigenvalue weighted by Gasteiger charge is -1.98.